The molecule has 0 bridgehead atoms. The highest BCUT2D eigenvalue weighted by atomic mass is 32.2. The summed E-state index contributed by atoms with van der Waals surface area (Å²) in [5.74, 6) is 0.331. The van der Waals surface area contributed by atoms with E-state index in [0.717, 1.165) is 28.7 Å². The molecule has 0 radical (unpaired) electrons. The fourth-order valence-electron chi connectivity index (χ4n) is 2.74. The molecule has 0 aliphatic carbocycles. The molecule has 0 amide bonds. The molecular formula is C19H25NO3S. The minimum absolute atomic E-state index is 0.125. The molecule has 2 aromatic carbocycles. The van der Waals surface area contributed by atoms with Crippen LogP contribution in [0.3, 0.4) is 0 Å². The quantitative estimate of drug-likeness (QED) is 0.824. The average Bonchev–Trinajstić information content (AvgIpc) is 2.52. The summed E-state index contributed by atoms with van der Waals surface area (Å²) in [6.07, 6.45) is 0.742. The van der Waals surface area contributed by atoms with Crippen LogP contribution in [-0.2, 0) is 10.0 Å². The molecule has 0 saturated heterocycles. The molecule has 24 heavy (non-hydrogen) atoms. The van der Waals surface area contributed by atoms with Gasteiger partial charge < -0.3 is 5.11 Å². The molecule has 0 aromatic heterocycles. The van der Waals surface area contributed by atoms with E-state index in [9.17, 15) is 13.5 Å². The molecule has 0 heterocycles. The van der Waals surface area contributed by atoms with Crippen LogP contribution in [0, 0.1) is 6.92 Å². The first-order chi connectivity index (χ1) is 11.3. The van der Waals surface area contributed by atoms with Gasteiger partial charge >= 0.3 is 0 Å². The third-order valence-electron chi connectivity index (χ3n) is 4.02. The Bertz CT molecular complexity index is 806. The van der Waals surface area contributed by atoms with Crippen molar-refractivity contribution in [2.24, 2.45) is 0 Å². The van der Waals surface area contributed by atoms with Gasteiger partial charge in [0.25, 0.3) is 0 Å². The van der Waals surface area contributed by atoms with Gasteiger partial charge in [0.15, 0.2) is 0 Å². The van der Waals surface area contributed by atoms with Gasteiger partial charge in [0, 0.05) is 12.1 Å². The van der Waals surface area contributed by atoms with Crippen LogP contribution in [0.5, 0.6) is 5.75 Å². The molecule has 130 valence electrons. The molecule has 0 spiro atoms. The Kier molecular flexibility index (Phi) is 5.67. The monoisotopic (exact) mass is 347 g/mol. The van der Waals surface area contributed by atoms with Gasteiger partial charge in [-0.2, -0.15) is 0 Å². The van der Waals surface area contributed by atoms with E-state index in [1.165, 1.54) is 0 Å². The lowest BCUT2D eigenvalue weighted by Gasteiger charge is -2.18. The zero-order valence-corrected chi connectivity index (χ0v) is 15.4. The molecule has 0 aliphatic heterocycles. The molecule has 0 saturated carbocycles. The minimum atomic E-state index is -3.51. The molecule has 0 atom stereocenters. The SMILES string of the molecule is CCCNS(=O)(=O)c1ccc(-c2c(C)cccc2O)c(C(C)C)c1. The Labute approximate surface area is 144 Å². The highest BCUT2D eigenvalue weighted by Crippen LogP contribution is 2.38. The lowest BCUT2D eigenvalue weighted by atomic mass is 9.90. The van der Waals surface area contributed by atoms with Gasteiger partial charge in [-0.3, -0.25) is 0 Å². The summed E-state index contributed by atoms with van der Waals surface area (Å²) in [4.78, 5) is 0.261. The Hall–Kier alpha value is -1.85. The summed E-state index contributed by atoms with van der Waals surface area (Å²) >= 11 is 0. The highest BCUT2D eigenvalue weighted by molar-refractivity contribution is 7.89. The molecule has 2 N–H and O–H groups in total. The van der Waals surface area contributed by atoms with Crippen molar-refractivity contribution in [3.05, 3.63) is 47.5 Å². The highest BCUT2D eigenvalue weighted by Gasteiger charge is 2.19. The molecule has 5 heteroatoms. The second-order valence-electron chi connectivity index (χ2n) is 6.27. The van der Waals surface area contributed by atoms with E-state index < -0.39 is 10.0 Å². The number of aromatic hydroxyl groups is 1. The summed E-state index contributed by atoms with van der Waals surface area (Å²) in [5.41, 5.74) is 3.48. The van der Waals surface area contributed by atoms with Crippen molar-refractivity contribution in [1.29, 1.82) is 0 Å². The molecule has 2 aromatic rings. The van der Waals surface area contributed by atoms with Crippen LogP contribution >= 0.6 is 0 Å². The van der Waals surface area contributed by atoms with Crippen molar-refractivity contribution >= 4 is 10.0 Å². The predicted molar refractivity (Wildman–Crippen MR) is 97.8 cm³/mol. The molecular weight excluding hydrogens is 322 g/mol. The van der Waals surface area contributed by atoms with E-state index in [-0.39, 0.29) is 16.6 Å². The van der Waals surface area contributed by atoms with Gasteiger partial charge in [-0.1, -0.05) is 39.0 Å². The number of hydrogen-bond acceptors (Lipinski definition) is 3. The molecule has 0 unspecified atom stereocenters. The Morgan fingerprint density at radius 3 is 2.46 bits per heavy atom. The summed E-state index contributed by atoms with van der Waals surface area (Å²) in [6.45, 7) is 8.31. The van der Waals surface area contributed by atoms with Crippen LogP contribution in [0.15, 0.2) is 41.3 Å². The second-order valence-corrected chi connectivity index (χ2v) is 8.04. The predicted octanol–water partition coefficient (Wildman–Crippen LogP) is 4.18. The number of phenols is 1. The van der Waals surface area contributed by atoms with Crippen molar-refractivity contribution < 1.29 is 13.5 Å². The molecule has 0 aliphatic rings. The Morgan fingerprint density at radius 2 is 1.88 bits per heavy atom. The number of benzene rings is 2. The minimum Gasteiger partial charge on any atom is -0.507 e. The normalized spacial score (nSPS) is 11.9. The zero-order chi connectivity index (χ0) is 17.9. The van der Waals surface area contributed by atoms with Gasteiger partial charge in [-0.05, 0) is 54.2 Å². The second kappa shape index (κ2) is 7.36. The largest absolute Gasteiger partial charge is 0.507 e. The first-order valence-corrected chi connectivity index (χ1v) is 9.68. The van der Waals surface area contributed by atoms with Gasteiger partial charge in [0.2, 0.25) is 10.0 Å². The fourth-order valence-corrected chi connectivity index (χ4v) is 3.90. The third-order valence-corrected chi connectivity index (χ3v) is 5.48. The van der Waals surface area contributed by atoms with Gasteiger partial charge in [-0.25, -0.2) is 13.1 Å². The van der Waals surface area contributed by atoms with Crippen molar-refractivity contribution in [2.45, 2.75) is 44.9 Å². The first kappa shape index (κ1) is 18.5. The topological polar surface area (TPSA) is 66.4 Å². The van der Waals surface area contributed by atoms with Crippen molar-refractivity contribution in [3.63, 3.8) is 0 Å². The standard InChI is InChI=1S/C19H25NO3S/c1-5-11-20-24(22,23)15-9-10-16(17(12-15)13(2)3)19-14(4)7-6-8-18(19)21/h6-10,12-13,20-21H,5,11H2,1-4H3. The lowest BCUT2D eigenvalue weighted by molar-refractivity contribution is 0.477. The number of sulfonamides is 1. The zero-order valence-electron chi connectivity index (χ0n) is 14.6. The van der Waals surface area contributed by atoms with Crippen LogP contribution in [-0.4, -0.2) is 20.1 Å². The van der Waals surface area contributed by atoms with Crippen LogP contribution in [0.1, 0.15) is 44.2 Å². The van der Waals surface area contributed by atoms with Crippen LogP contribution in [0.2, 0.25) is 0 Å². The summed E-state index contributed by atoms with van der Waals surface area (Å²) < 4.78 is 27.4. The van der Waals surface area contributed by atoms with Crippen LogP contribution in [0.25, 0.3) is 11.1 Å². The maximum absolute atomic E-state index is 12.4. The molecule has 4 nitrogen and oxygen atoms in total. The number of aryl methyl sites for hydroxylation is 1. The third kappa shape index (κ3) is 3.79. The number of rotatable bonds is 6. The smallest absolute Gasteiger partial charge is 0.240 e. The van der Waals surface area contributed by atoms with E-state index in [0.29, 0.717) is 6.54 Å². The van der Waals surface area contributed by atoms with Gasteiger partial charge in [0.05, 0.1) is 4.90 Å². The Balaban J connectivity index is 2.61. The van der Waals surface area contributed by atoms with E-state index in [2.05, 4.69) is 4.72 Å². The summed E-state index contributed by atoms with van der Waals surface area (Å²) in [6, 6.07) is 10.5. The van der Waals surface area contributed by atoms with E-state index in [4.69, 9.17) is 0 Å². The Morgan fingerprint density at radius 1 is 1.17 bits per heavy atom. The summed E-state index contributed by atoms with van der Waals surface area (Å²) in [7, 11) is -3.51. The van der Waals surface area contributed by atoms with Crippen LogP contribution in [0.4, 0.5) is 0 Å². The van der Waals surface area contributed by atoms with Gasteiger partial charge in [-0.15, -0.1) is 0 Å². The van der Waals surface area contributed by atoms with E-state index in [1.807, 2.05) is 33.8 Å². The summed E-state index contributed by atoms with van der Waals surface area (Å²) in [5, 5.41) is 10.3. The maximum atomic E-state index is 12.4. The first-order valence-electron chi connectivity index (χ1n) is 8.20. The van der Waals surface area contributed by atoms with Crippen molar-refractivity contribution in [3.8, 4) is 16.9 Å². The van der Waals surface area contributed by atoms with Crippen molar-refractivity contribution in [2.75, 3.05) is 6.54 Å². The van der Waals surface area contributed by atoms with E-state index >= 15 is 0 Å². The maximum Gasteiger partial charge on any atom is 0.240 e. The molecule has 0 fully saturated rings. The number of phenolic OH excluding ortho intramolecular Hbond substituents is 1. The average molecular weight is 347 g/mol. The fraction of sp³-hybridized carbons (Fsp3) is 0.368. The van der Waals surface area contributed by atoms with E-state index in [1.54, 1.807) is 30.3 Å². The van der Waals surface area contributed by atoms with Crippen molar-refractivity contribution in [1.82, 2.24) is 4.72 Å². The molecule has 2 rings (SSSR count). The van der Waals surface area contributed by atoms with Gasteiger partial charge in [0.1, 0.15) is 5.75 Å². The lowest BCUT2D eigenvalue weighted by Crippen LogP contribution is -2.24. The number of nitrogens with one attached hydrogen (secondary N) is 1. The van der Waals surface area contributed by atoms with Crippen LogP contribution < -0.4 is 4.72 Å². The number of hydrogen-bond donors (Lipinski definition) is 2.